The number of primary amides is 1. The molecule has 1 aromatic rings. The third-order valence-corrected chi connectivity index (χ3v) is 5.59. The van der Waals surface area contributed by atoms with Crippen molar-refractivity contribution in [2.75, 3.05) is 31.5 Å². The fourth-order valence-corrected chi connectivity index (χ4v) is 3.93. The molecule has 10 heteroatoms. The number of hydrogen-bond acceptors (Lipinski definition) is 5. The normalized spacial score (nSPS) is 19.3. The molecule has 0 spiro atoms. The number of aliphatic imine (C=N–C) groups is 1. The van der Waals surface area contributed by atoms with E-state index in [4.69, 9.17) is 11.0 Å². The topological polar surface area (TPSA) is 144 Å². The lowest BCUT2D eigenvalue weighted by Crippen LogP contribution is -2.45. The molecule has 3 rings (SSSR count). The van der Waals surface area contributed by atoms with Crippen LogP contribution in [0.2, 0.25) is 0 Å². The Kier molecular flexibility index (Phi) is 8.41. The van der Waals surface area contributed by atoms with Crippen molar-refractivity contribution < 1.29 is 14.4 Å². The third kappa shape index (κ3) is 7.07. The van der Waals surface area contributed by atoms with Gasteiger partial charge in [-0.15, -0.1) is 0 Å². The number of nitriles is 1. The number of carbonyl (C=O) groups excluding carboxylic acids is 3. The maximum Gasteiger partial charge on any atom is 0.247 e. The molecule has 0 radical (unpaired) electrons. The highest BCUT2D eigenvalue weighted by Gasteiger charge is 2.30. The van der Waals surface area contributed by atoms with E-state index in [-0.39, 0.29) is 24.3 Å². The molecule has 0 aromatic heterocycles. The first-order valence-electron chi connectivity index (χ1n) is 11.1. The van der Waals surface area contributed by atoms with Crippen LogP contribution in [-0.2, 0) is 14.4 Å². The van der Waals surface area contributed by atoms with Gasteiger partial charge in [0.05, 0.1) is 6.54 Å². The molecule has 1 unspecified atom stereocenters. The van der Waals surface area contributed by atoms with Crippen LogP contribution in [0.15, 0.2) is 35.3 Å². The van der Waals surface area contributed by atoms with Gasteiger partial charge >= 0.3 is 0 Å². The molecular formula is C23H29N7O3. The van der Waals surface area contributed by atoms with E-state index in [9.17, 15) is 14.4 Å². The molecule has 0 saturated carbocycles. The van der Waals surface area contributed by atoms with E-state index in [1.807, 2.05) is 6.19 Å². The fourth-order valence-electron chi connectivity index (χ4n) is 3.93. The minimum atomic E-state index is -0.694. The van der Waals surface area contributed by atoms with E-state index >= 15 is 0 Å². The summed E-state index contributed by atoms with van der Waals surface area (Å²) in [6, 6.07) is 6.40. The number of nitrogens with zero attached hydrogens (tertiary/aromatic N) is 4. The summed E-state index contributed by atoms with van der Waals surface area (Å²) < 4.78 is 0. The SMILES string of the molecule is N#CNC(=NC1CCCCN(CC(=O)N2CCCC2)C1=O)Nc1cccc(C=CC(N)=O)c1. The van der Waals surface area contributed by atoms with Crippen LogP contribution in [0.4, 0.5) is 5.69 Å². The van der Waals surface area contributed by atoms with Gasteiger partial charge in [0.15, 0.2) is 6.19 Å². The van der Waals surface area contributed by atoms with Gasteiger partial charge in [0.25, 0.3) is 0 Å². The molecule has 2 aliphatic rings. The van der Waals surface area contributed by atoms with Crippen molar-refractivity contribution in [3.8, 4) is 6.19 Å². The largest absolute Gasteiger partial charge is 0.366 e. The maximum absolute atomic E-state index is 13.1. The van der Waals surface area contributed by atoms with Crippen LogP contribution in [-0.4, -0.2) is 65.7 Å². The number of hydrogen-bond donors (Lipinski definition) is 3. The van der Waals surface area contributed by atoms with Crippen LogP contribution in [0, 0.1) is 11.5 Å². The monoisotopic (exact) mass is 451 g/mol. The molecule has 0 bridgehead atoms. The van der Waals surface area contributed by atoms with E-state index < -0.39 is 11.9 Å². The van der Waals surface area contributed by atoms with Crippen molar-refractivity contribution in [1.82, 2.24) is 15.1 Å². The van der Waals surface area contributed by atoms with Gasteiger partial charge in [0.1, 0.15) is 6.04 Å². The number of nitrogens with one attached hydrogen (secondary N) is 2. The van der Waals surface area contributed by atoms with Crippen LogP contribution in [0.3, 0.4) is 0 Å². The van der Waals surface area contributed by atoms with Crippen LogP contribution in [0.1, 0.15) is 37.7 Å². The number of rotatable bonds is 6. The van der Waals surface area contributed by atoms with Gasteiger partial charge in [-0.25, -0.2) is 4.99 Å². The summed E-state index contributed by atoms with van der Waals surface area (Å²) in [6.07, 6.45) is 8.80. The molecule has 174 valence electrons. The molecule has 2 saturated heterocycles. The van der Waals surface area contributed by atoms with Gasteiger partial charge in [-0.3, -0.25) is 19.7 Å². The molecule has 0 aliphatic carbocycles. The molecule has 1 aromatic carbocycles. The van der Waals surface area contributed by atoms with E-state index in [0.717, 1.165) is 44.3 Å². The van der Waals surface area contributed by atoms with Gasteiger partial charge < -0.3 is 20.9 Å². The lowest BCUT2D eigenvalue weighted by Gasteiger charge is -2.25. The Labute approximate surface area is 193 Å². The quantitative estimate of drug-likeness (QED) is 0.194. The summed E-state index contributed by atoms with van der Waals surface area (Å²) in [5.41, 5.74) is 6.48. The number of nitrogens with two attached hydrogens (primary N) is 1. The second-order valence-corrected chi connectivity index (χ2v) is 8.06. The number of amides is 3. The number of anilines is 1. The Morgan fingerprint density at radius 2 is 1.97 bits per heavy atom. The fraction of sp³-hybridized carbons (Fsp3) is 0.435. The summed E-state index contributed by atoms with van der Waals surface area (Å²) in [7, 11) is 0. The van der Waals surface area contributed by atoms with Crippen molar-refractivity contribution in [2.24, 2.45) is 10.7 Å². The molecular weight excluding hydrogens is 422 g/mol. The standard InChI is InChI=1S/C23H29N7O3/c24-16-26-23(27-18-7-5-6-17(14-18)9-10-20(25)31)28-19-8-1-2-13-30(22(19)33)15-21(32)29-11-3-4-12-29/h5-7,9-10,14,19H,1-4,8,11-13,15H2,(H2,25,31)(H2,26,27,28). The molecule has 10 nitrogen and oxygen atoms in total. The van der Waals surface area contributed by atoms with Crippen LogP contribution < -0.4 is 16.4 Å². The smallest absolute Gasteiger partial charge is 0.247 e. The van der Waals surface area contributed by atoms with Crippen molar-refractivity contribution >= 4 is 35.4 Å². The summed E-state index contributed by atoms with van der Waals surface area (Å²) in [5, 5.41) is 14.7. The molecule has 3 amide bonds. The average molecular weight is 452 g/mol. The Morgan fingerprint density at radius 1 is 1.21 bits per heavy atom. The van der Waals surface area contributed by atoms with Crippen molar-refractivity contribution in [3.63, 3.8) is 0 Å². The zero-order valence-electron chi connectivity index (χ0n) is 18.5. The summed E-state index contributed by atoms with van der Waals surface area (Å²) >= 11 is 0. The summed E-state index contributed by atoms with van der Waals surface area (Å²) in [4.78, 5) is 44.6. The van der Waals surface area contributed by atoms with E-state index in [0.29, 0.717) is 18.7 Å². The summed E-state index contributed by atoms with van der Waals surface area (Å²) in [6.45, 7) is 2.08. The predicted octanol–water partition coefficient (Wildman–Crippen LogP) is 1.03. The number of benzene rings is 1. The van der Waals surface area contributed by atoms with E-state index in [1.54, 1.807) is 40.1 Å². The minimum Gasteiger partial charge on any atom is -0.366 e. The molecule has 1 atom stereocenters. The number of guanidine groups is 1. The highest BCUT2D eigenvalue weighted by molar-refractivity contribution is 5.97. The Hall–Kier alpha value is -3.87. The van der Waals surface area contributed by atoms with Crippen molar-refractivity contribution in [3.05, 3.63) is 35.9 Å². The number of carbonyl (C=O) groups is 3. The van der Waals surface area contributed by atoms with E-state index in [2.05, 4.69) is 15.6 Å². The van der Waals surface area contributed by atoms with Gasteiger partial charge in [-0.1, -0.05) is 12.1 Å². The second-order valence-electron chi connectivity index (χ2n) is 8.06. The Morgan fingerprint density at radius 3 is 2.70 bits per heavy atom. The highest BCUT2D eigenvalue weighted by atomic mass is 16.2. The van der Waals surface area contributed by atoms with Crippen LogP contribution in [0.5, 0.6) is 0 Å². The second kappa shape index (κ2) is 11.7. The number of likely N-dealkylation sites (tertiary alicyclic amines) is 2. The molecule has 2 heterocycles. The molecule has 4 N–H and O–H groups in total. The Bertz CT molecular complexity index is 977. The molecule has 33 heavy (non-hydrogen) atoms. The zero-order valence-corrected chi connectivity index (χ0v) is 18.5. The van der Waals surface area contributed by atoms with Crippen LogP contribution in [0.25, 0.3) is 6.08 Å². The molecule has 2 aliphatic heterocycles. The minimum absolute atomic E-state index is 0.0280. The Balaban J connectivity index is 1.73. The maximum atomic E-state index is 13.1. The zero-order chi connectivity index (χ0) is 23.6. The first-order chi connectivity index (χ1) is 16.0. The average Bonchev–Trinajstić information content (AvgIpc) is 3.28. The highest BCUT2D eigenvalue weighted by Crippen LogP contribution is 2.17. The first-order valence-corrected chi connectivity index (χ1v) is 11.1. The lowest BCUT2D eigenvalue weighted by molar-refractivity contribution is -0.140. The molecule has 2 fully saturated rings. The van der Waals surface area contributed by atoms with Gasteiger partial charge in [0, 0.05) is 31.4 Å². The van der Waals surface area contributed by atoms with Crippen LogP contribution >= 0.6 is 0 Å². The predicted molar refractivity (Wildman–Crippen MR) is 125 cm³/mol. The van der Waals surface area contributed by atoms with Crippen molar-refractivity contribution in [1.29, 1.82) is 5.26 Å². The van der Waals surface area contributed by atoms with Gasteiger partial charge in [-0.05, 0) is 55.9 Å². The summed E-state index contributed by atoms with van der Waals surface area (Å²) in [5.74, 6) is -0.655. The lowest BCUT2D eigenvalue weighted by atomic mass is 10.1. The first kappa shape index (κ1) is 23.8. The van der Waals surface area contributed by atoms with E-state index in [1.165, 1.54) is 6.08 Å². The third-order valence-electron chi connectivity index (χ3n) is 5.59. The van der Waals surface area contributed by atoms with Gasteiger partial charge in [-0.2, -0.15) is 5.26 Å². The van der Waals surface area contributed by atoms with Crippen molar-refractivity contribution in [2.45, 2.75) is 38.1 Å². The van der Waals surface area contributed by atoms with Gasteiger partial charge in [0.2, 0.25) is 23.7 Å².